The Labute approximate surface area is 160 Å². The number of hydrogen-bond acceptors (Lipinski definition) is 3. The molecule has 1 aliphatic heterocycles. The summed E-state index contributed by atoms with van der Waals surface area (Å²) in [5.74, 6) is -0.965. The summed E-state index contributed by atoms with van der Waals surface area (Å²) in [6.07, 6.45) is -4.58. The molecule has 2 aromatic rings. The van der Waals surface area contributed by atoms with E-state index in [0.717, 1.165) is 17.7 Å². The number of carbonyl (C=O) groups is 2. The number of benzene rings is 2. The molecule has 0 saturated carbocycles. The van der Waals surface area contributed by atoms with Crippen molar-refractivity contribution in [1.82, 2.24) is 0 Å². The van der Waals surface area contributed by atoms with Gasteiger partial charge < -0.3 is 15.0 Å². The molecule has 0 unspecified atom stereocenters. The van der Waals surface area contributed by atoms with Gasteiger partial charge in [0.05, 0.1) is 24.3 Å². The summed E-state index contributed by atoms with van der Waals surface area (Å²) < 4.78 is 44.0. The van der Waals surface area contributed by atoms with Crippen LogP contribution in [0.4, 0.5) is 24.5 Å². The third-order valence-corrected chi connectivity index (χ3v) is 4.59. The normalized spacial score (nSPS) is 17.0. The molecule has 0 aromatic heterocycles. The lowest BCUT2D eigenvalue weighted by Gasteiger charge is -2.18. The van der Waals surface area contributed by atoms with Gasteiger partial charge >= 0.3 is 6.18 Å². The van der Waals surface area contributed by atoms with Gasteiger partial charge in [0.2, 0.25) is 11.8 Å². The van der Waals surface area contributed by atoms with Crippen molar-refractivity contribution < 1.29 is 27.5 Å². The molecule has 3 rings (SSSR count). The molecular weight excluding hydrogens is 373 g/mol. The fraction of sp³-hybridized carbons (Fsp3) is 0.300. The van der Waals surface area contributed by atoms with Crippen LogP contribution in [0.3, 0.4) is 0 Å². The molecule has 2 aromatic carbocycles. The molecule has 1 heterocycles. The second-order valence-corrected chi connectivity index (χ2v) is 6.65. The second kappa shape index (κ2) is 7.53. The van der Waals surface area contributed by atoms with Gasteiger partial charge in [-0.1, -0.05) is 12.1 Å². The van der Waals surface area contributed by atoms with Crippen LogP contribution < -0.4 is 15.0 Å². The number of nitrogens with one attached hydrogen (secondary N) is 1. The third-order valence-electron chi connectivity index (χ3n) is 4.59. The first-order chi connectivity index (χ1) is 13.2. The highest BCUT2D eigenvalue weighted by molar-refractivity contribution is 6.04. The molecule has 1 fully saturated rings. The van der Waals surface area contributed by atoms with Gasteiger partial charge in [-0.25, -0.2) is 0 Å². The minimum atomic E-state index is -4.50. The summed E-state index contributed by atoms with van der Waals surface area (Å²) >= 11 is 0. The average Bonchev–Trinajstić information content (AvgIpc) is 3.03. The topological polar surface area (TPSA) is 58.6 Å². The average molecular weight is 392 g/mol. The van der Waals surface area contributed by atoms with Crippen molar-refractivity contribution in [3.8, 4) is 5.75 Å². The molecular formula is C20H19F3N2O3. The van der Waals surface area contributed by atoms with Gasteiger partial charge in [0.1, 0.15) is 5.75 Å². The van der Waals surface area contributed by atoms with Gasteiger partial charge in [-0.15, -0.1) is 0 Å². The van der Waals surface area contributed by atoms with Crippen LogP contribution in [0, 0.1) is 12.8 Å². The monoisotopic (exact) mass is 392 g/mol. The number of hydrogen-bond donors (Lipinski definition) is 1. The first-order valence-corrected chi connectivity index (χ1v) is 8.62. The Morgan fingerprint density at radius 3 is 2.64 bits per heavy atom. The fourth-order valence-corrected chi connectivity index (χ4v) is 3.14. The number of carbonyl (C=O) groups excluding carboxylic acids is 2. The van der Waals surface area contributed by atoms with Crippen LogP contribution in [-0.4, -0.2) is 25.5 Å². The zero-order valence-corrected chi connectivity index (χ0v) is 15.3. The van der Waals surface area contributed by atoms with E-state index in [1.807, 2.05) is 13.0 Å². The maximum Gasteiger partial charge on any atom is 0.416 e. The first kappa shape index (κ1) is 19.7. The molecule has 1 saturated heterocycles. The fourth-order valence-electron chi connectivity index (χ4n) is 3.14. The molecule has 0 aliphatic carbocycles. The Kier molecular flexibility index (Phi) is 5.31. The van der Waals surface area contributed by atoms with Gasteiger partial charge in [0.25, 0.3) is 0 Å². The summed E-state index contributed by atoms with van der Waals surface area (Å²) in [4.78, 5) is 26.2. The molecule has 28 heavy (non-hydrogen) atoms. The van der Waals surface area contributed by atoms with Crippen LogP contribution in [-0.2, 0) is 15.8 Å². The number of nitrogens with zero attached hydrogens (tertiary/aromatic N) is 1. The van der Waals surface area contributed by atoms with Gasteiger partial charge in [-0.05, 0) is 42.8 Å². The molecule has 2 amide bonds. The molecule has 5 nitrogen and oxygen atoms in total. The second-order valence-electron chi connectivity index (χ2n) is 6.65. The number of amides is 2. The quantitative estimate of drug-likeness (QED) is 0.855. The number of halogens is 3. The van der Waals surface area contributed by atoms with E-state index in [4.69, 9.17) is 4.74 Å². The van der Waals surface area contributed by atoms with Crippen LogP contribution in [0.15, 0.2) is 42.5 Å². The Morgan fingerprint density at radius 2 is 1.96 bits per heavy atom. The van der Waals surface area contributed by atoms with Crippen LogP contribution in [0.5, 0.6) is 5.75 Å². The number of anilines is 2. The van der Waals surface area contributed by atoms with Crippen LogP contribution in [0.25, 0.3) is 0 Å². The largest absolute Gasteiger partial charge is 0.495 e. The van der Waals surface area contributed by atoms with E-state index >= 15 is 0 Å². The van der Waals surface area contributed by atoms with Crippen molar-refractivity contribution in [2.24, 2.45) is 5.92 Å². The van der Waals surface area contributed by atoms with Gasteiger partial charge in [0.15, 0.2) is 0 Å². The van der Waals surface area contributed by atoms with Crippen molar-refractivity contribution in [2.45, 2.75) is 19.5 Å². The number of methoxy groups -OCH3 is 1. The van der Waals surface area contributed by atoms with Crippen molar-refractivity contribution in [3.05, 3.63) is 53.6 Å². The predicted octanol–water partition coefficient (Wildman–Crippen LogP) is 4.01. The minimum Gasteiger partial charge on any atom is -0.495 e. The van der Waals surface area contributed by atoms with Gasteiger partial charge in [-0.3, -0.25) is 9.59 Å². The predicted molar refractivity (Wildman–Crippen MR) is 98.3 cm³/mol. The molecule has 1 atom stereocenters. The van der Waals surface area contributed by atoms with Crippen molar-refractivity contribution in [2.75, 3.05) is 23.9 Å². The molecule has 8 heteroatoms. The molecule has 1 N–H and O–H groups in total. The van der Waals surface area contributed by atoms with Gasteiger partial charge in [-0.2, -0.15) is 13.2 Å². The third kappa shape index (κ3) is 4.11. The summed E-state index contributed by atoms with van der Waals surface area (Å²) in [6, 6.07) is 9.84. The van der Waals surface area contributed by atoms with Crippen LogP contribution >= 0.6 is 0 Å². The number of alkyl halides is 3. The number of rotatable bonds is 4. The summed E-state index contributed by atoms with van der Waals surface area (Å²) in [6.45, 7) is 1.88. The lowest BCUT2D eigenvalue weighted by molar-refractivity contribution is -0.137. The summed E-state index contributed by atoms with van der Waals surface area (Å²) in [7, 11) is 1.48. The highest BCUT2D eigenvalue weighted by Gasteiger charge is 2.37. The Bertz CT molecular complexity index is 912. The van der Waals surface area contributed by atoms with Crippen molar-refractivity contribution >= 4 is 23.2 Å². The zero-order valence-electron chi connectivity index (χ0n) is 15.3. The van der Waals surface area contributed by atoms with E-state index < -0.39 is 23.6 Å². The summed E-state index contributed by atoms with van der Waals surface area (Å²) in [5.41, 5.74) is 0.695. The van der Waals surface area contributed by atoms with Crippen LogP contribution in [0.1, 0.15) is 17.5 Å². The molecule has 0 spiro atoms. The van der Waals surface area contributed by atoms with Crippen LogP contribution in [0.2, 0.25) is 0 Å². The number of aryl methyl sites for hydroxylation is 1. The van der Waals surface area contributed by atoms with Gasteiger partial charge in [0, 0.05) is 18.7 Å². The molecule has 0 radical (unpaired) electrons. The van der Waals surface area contributed by atoms with E-state index in [0.29, 0.717) is 11.4 Å². The zero-order chi connectivity index (χ0) is 20.5. The molecule has 0 bridgehead atoms. The smallest absolute Gasteiger partial charge is 0.416 e. The molecule has 1 aliphatic rings. The van der Waals surface area contributed by atoms with E-state index in [1.54, 1.807) is 12.1 Å². The lowest BCUT2D eigenvalue weighted by Crippen LogP contribution is -2.28. The summed E-state index contributed by atoms with van der Waals surface area (Å²) in [5, 5.41) is 2.75. The first-order valence-electron chi connectivity index (χ1n) is 8.62. The maximum absolute atomic E-state index is 12.9. The standard InChI is InChI=1S/C20H19F3N2O3/c1-12-6-7-17(28-2)16(8-12)24-19(27)13-9-18(26)25(11-13)15-5-3-4-14(10-15)20(21,22)23/h3-8,10,13H,9,11H2,1-2H3,(H,24,27)/t13-/m1/s1. The molecule has 148 valence electrons. The van der Waals surface area contributed by atoms with Crippen molar-refractivity contribution in [3.63, 3.8) is 0 Å². The Hall–Kier alpha value is -3.03. The highest BCUT2D eigenvalue weighted by Crippen LogP contribution is 2.34. The van der Waals surface area contributed by atoms with E-state index in [2.05, 4.69) is 5.32 Å². The van der Waals surface area contributed by atoms with E-state index in [1.165, 1.54) is 24.1 Å². The number of ether oxygens (including phenoxy) is 1. The maximum atomic E-state index is 12.9. The Morgan fingerprint density at radius 1 is 1.21 bits per heavy atom. The SMILES string of the molecule is COc1ccc(C)cc1NC(=O)[C@@H]1CC(=O)N(c2cccc(C(F)(F)F)c2)C1. The van der Waals surface area contributed by atoms with Crippen molar-refractivity contribution in [1.29, 1.82) is 0 Å². The van der Waals surface area contributed by atoms with E-state index in [-0.39, 0.29) is 24.6 Å². The van der Waals surface area contributed by atoms with E-state index in [9.17, 15) is 22.8 Å². The Balaban J connectivity index is 1.76. The minimum absolute atomic E-state index is 0.0140. The lowest BCUT2D eigenvalue weighted by atomic mass is 10.1. The highest BCUT2D eigenvalue weighted by atomic mass is 19.4.